The summed E-state index contributed by atoms with van der Waals surface area (Å²) < 4.78 is 11.4. The molecule has 110 valence electrons. The van der Waals surface area contributed by atoms with Crippen LogP contribution >= 0.6 is 0 Å². The van der Waals surface area contributed by atoms with Gasteiger partial charge in [0.2, 0.25) is 0 Å². The Morgan fingerprint density at radius 2 is 1.86 bits per heavy atom. The maximum Gasteiger partial charge on any atom is 0.166 e. The van der Waals surface area contributed by atoms with Crippen LogP contribution in [-0.2, 0) is 6.42 Å². The molecule has 0 aromatic heterocycles. The maximum atomic E-state index is 6.40. The minimum atomic E-state index is -0.0937. The monoisotopic (exact) mass is 283 g/mol. The highest BCUT2D eigenvalue weighted by molar-refractivity contribution is 5.49. The summed E-state index contributed by atoms with van der Waals surface area (Å²) >= 11 is 0. The second-order valence-electron chi connectivity index (χ2n) is 5.60. The summed E-state index contributed by atoms with van der Waals surface area (Å²) in [5.41, 5.74) is 11.3. The molecule has 0 radical (unpaired) electrons. The number of fused-ring (bicyclic) bond motifs is 1. The Balaban J connectivity index is 1.85. The first-order valence-corrected chi connectivity index (χ1v) is 7.35. The Morgan fingerprint density at radius 3 is 2.67 bits per heavy atom. The first-order valence-electron chi connectivity index (χ1n) is 7.35. The van der Waals surface area contributed by atoms with Crippen LogP contribution in [0, 0.1) is 13.8 Å². The zero-order valence-electron chi connectivity index (χ0n) is 12.6. The van der Waals surface area contributed by atoms with E-state index in [9.17, 15) is 0 Å². The molecule has 0 fully saturated rings. The van der Waals surface area contributed by atoms with Gasteiger partial charge in [-0.15, -0.1) is 0 Å². The topological polar surface area (TPSA) is 44.5 Å². The van der Waals surface area contributed by atoms with Crippen molar-refractivity contribution in [3.63, 3.8) is 0 Å². The van der Waals surface area contributed by atoms with Crippen molar-refractivity contribution in [3.05, 3.63) is 58.7 Å². The van der Waals surface area contributed by atoms with Gasteiger partial charge in [-0.25, -0.2) is 0 Å². The SMILES string of the molecule is Cc1ccc(CC(N)c2cccc3c2OCCO3)cc1C. The van der Waals surface area contributed by atoms with E-state index in [1.807, 2.05) is 18.2 Å². The number of aryl methyl sites for hydroxylation is 2. The van der Waals surface area contributed by atoms with Gasteiger partial charge in [0.15, 0.2) is 11.5 Å². The largest absolute Gasteiger partial charge is 0.486 e. The summed E-state index contributed by atoms with van der Waals surface area (Å²) in [6.07, 6.45) is 0.793. The van der Waals surface area contributed by atoms with Gasteiger partial charge in [0.1, 0.15) is 13.2 Å². The average molecular weight is 283 g/mol. The van der Waals surface area contributed by atoms with E-state index >= 15 is 0 Å². The number of rotatable bonds is 3. The van der Waals surface area contributed by atoms with Crippen molar-refractivity contribution in [1.29, 1.82) is 0 Å². The van der Waals surface area contributed by atoms with Crippen LogP contribution < -0.4 is 15.2 Å². The van der Waals surface area contributed by atoms with E-state index < -0.39 is 0 Å². The molecule has 3 rings (SSSR count). The summed E-state index contributed by atoms with van der Waals surface area (Å²) in [5.74, 6) is 1.61. The van der Waals surface area contributed by atoms with Gasteiger partial charge in [-0.1, -0.05) is 30.3 Å². The van der Waals surface area contributed by atoms with Crippen molar-refractivity contribution in [2.24, 2.45) is 5.73 Å². The number of para-hydroxylation sites is 1. The molecule has 0 aliphatic carbocycles. The molecule has 1 atom stereocenters. The third kappa shape index (κ3) is 2.88. The molecule has 3 nitrogen and oxygen atoms in total. The Hall–Kier alpha value is -2.00. The van der Waals surface area contributed by atoms with E-state index in [0.29, 0.717) is 13.2 Å². The molecule has 0 spiro atoms. The Bertz CT molecular complexity index is 652. The van der Waals surface area contributed by atoms with Crippen LogP contribution in [-0.4, -0.2) is 13.2 Å². The van der Waals surface area contributed by atoms with Crippen LogP contribution in [0.1, 0.15) is 28.3 Å². The molecule has 1 aliphatic rings. The molecule has 1 unspecified atom stereocenters. The van der Waals surface area contributed by atoms with Crippen molar-refractivity contribution >= 4 is 0 Å². The highest BCUT2D eigenvalue weighted by Gasteiger charge is 2.20. The molecule has 1 aliphatic heterocycles. The summed E-state index contributed by atoms with van der Waals surface area (Å²) in [5, 5.41) is 0. The van der Waals surface area contributed by atoms with Gasteiger partial charge < -0.3 is 15.2 Å². The number of ether oxygens (including phenoxy) is 2. The molecular formula is C18H21NO2. The van der Waals surface area contributed by atoms with Crippen molar-refractivity contribution < 1.29 is 9.47 Å². The van der Waals surface area contributed by atoms with E-state index in [0.717, 1.165) is 23.5 Å². The number of nitrogens with two attached hydrogens (primary N) is 1. The Kier molecular flexibility index (Phi) is 3.84. The lowest BCUT2D eigenvalue weighted by Gasteiger charge is -2.23. The van der Waals surface area contributed by atoms with Crippen molar-refractivity contribution in [1.82, 2.24) is 0 Å². The van der Waals surface area contributed by atoms with E-state index in [1.54, 1.807) is 0 Å². The molecule has 2 aromatic rings. The molecule has 0 amide bonds. The molecule has 0 saturated carbocycles. The van der Waals surface area contributed by atoms with Crippen molar-refractivity contribution in [2.45, 2.75) is 26.3 Å². The van der Waals surface area contributed by atoms with E-state index in [-0.39, 0.29) is 6.04 Å². The predicted octanol–water partition coefficient (Wildman–Crippen LogP) is 3.32. The van der Waals surface area contributed by atoms with Crippen LogP contribution in [0.3, 0.4) is 0 Å². The van der Waals surface area contributed by atoms with Crippen molar-refractivity contribution in [2.75, 3.05) is 13.2 Å². The van der Waals surface area contributed by atoms with Crippen LogP contribution in [0.15, 0.2) is 36.4 Å². The average Bonchev–Trinajstić information content (AvgIpc) is 2.50. The lowest BCUT2D eigenvalue weighted by molar-refractivity contribution is 0.169. The third-order valence-electron chi connectivity index (χ3n) is 4.02. The quantitative estimate of drug-likeness (QED) is 0.940. The second-order valence-corrected chi connectivity index (χ2v) is 5.60. The minimum Gasteiger partial charge on any atom is -0.486 e. The van der Waals surface area contributed by atoms with Crippen LogP contribution in [0.2, 0.25) is 0 Å². The van der Waals surface area contributed by atoms with Crippen LogP contribution in [0.25, 0.3) is 0 Å². The molecule has 0 bridgehead atoms. The molecule has 2 aromatic carbocycles. The normalized spacial score (nSPS) is 14.8. The molecular weight excluding hydrogens is 262 g/mol. The van der Waals surface area contributed by atoms with Gasteiger partial charge in [0.25, 0.3) is 0 Å². The molecule has 21 heavy (non-hydrogen) atoms. The summed E-state index contributed by atoms with van der Waals surface area (Å²) in [6.45, 7) is 5.44. The van der Waals surface area contributed by atoms with E-state index in [2.05, 4.69) is 32.0 Å². The summed E-state index contributed by atoms with van der Waals surface area (Å²) in [6, 6.07) is 12.3. The van der Waals surface area contributed by atoms with Crippen LogP contribution in [0.4, 0.5) is 0 Å². The fourth-order valence-corrected chi connectivity index (χ4v) is 2.68. The fraction of sp³-hybridized carbons (Fsp3) is 0.333. The van der Waals surface area contributed by atoms with Gasteiger partial charge >= 0.3 is 0 Å². The molecule has 0 saturated heterocycles. The highest BCUT2D eigenvalue weighted by Crippen LogP contribution is 2.37. The standard InChI is InChI=1S/C18H21NO2/c1-12-6-7-14(10-13(12)2)11-16(19)15-4-3-5-17-18(15)21-9-8-20-17/h3-7,10,16H,8-9,11,19H2,1-2H3. The zero-order valence-corrected chi connectivity index (χ0v) is 12.6. The van der Waals surface area contributed by atoms with Gasteiger partial charge in [-0.05, 0) is 43.0 Å². The number of hydrogen-bond acceptors (Lipinski definition) is 3. The third-order valence-corrected chi connectivity index (χ3v) is 4.02. The minimum absolute atomic E-state index is 0.0937. The van der Waals surface area contributed by atoms with Crippen molar-refractivity contribution in [3.8, 4) is 11.5 Å². The summed E-state index contributed by atoms with van der Waals surface area (Å²) in [7, 11) is 0. The summed E-state index contributed by atoms with van der Waals surface area (Å²) in [4.78, 5) is 0. The molecule has 1 heterocycles. The van der Waals surface area contributed by atoms with E-state index in [4.69, 9.17) is 15.2 Å². The lowest BCUT2D eigenvalue weighted by atomic mass is 9.96. The van der Waals surface area contributed by atoms with Gasteiger partial charge in [0, 0.05) is 11.6 Å². The lowest BCUT2D eigenvalue weighted by Crippen LogP contribution is -2.20. The van der Waals surface area contributed by atoms with E-state index in [1.165, 1.54) is 16.7 Å². The zero-order chi connectivity index (χ0) is 14.8. The smallest absolute Gasteiger partial charge is 0.166 e. The maximum absolute atomic E-state index is 6.40. The molecule has 2 N–H and O–H groups in total. The first-order chi connectivity index (χ1) is 10.1. The number of benzene rings is 2. The predicted molar refractivity (Wildman–Crippen MR) is 84.0 cm³/mol. The second kappa shape index (κ2) is 5.78. The Morgan fingerprint density at radius 1 is 1.05 bits per heavy atom. The van der Waals surface area contributed by atoms with Gasteiger partial charge in [-0.2, -0.15) is 0 Å². The highest BCUT2D eigenvalue weighted by atomic mass is 16.6. The Labute approximate surface area is 125 Å². The number of hydrogen-bond donors (Lipinski definition) is 1. The molecule has 3 heteroatoms. The van der Waals surface area contributed by atoms with Crippen LogP contribution in [0.5, 0.6) is 11.5 Å². The van der Waals surface area contributed by atoms with Gasteiger partial charge in [-0.3, -0.25) is 0 Å². The first kappa shape index (κ1) is 14.0. The fourth-order valence-electron chi connectivity index (χ4n) is 2.68. The van der Waals surface area contributed by atoms with Gasteiger partial charge in [0.05, 0.1) is 0 Å².